The van der Waals surface area contributed by atoms with Gasteiger partial charge in [-0.3, -0.25) is 0 Å². The second-order valence-corrected chi connectivity index (χ2v) is 8.60. The van der Waals surface area contributed by atoms with E-state index in [9.17, 15) is 17.6 Å². The summed E-state index contributed by atoms with van der Waals surface area (Å²) in [5, 5.41) is 0. The number of likely N-dealkylation sites (tertiary alicyclic amines) is 1. The first-order valence-electron chi connectivity index (χ1n) is 7.80. The Hall–Kier alpha value is -1.67. The van der Waals surface area contributed by atoms with Crippen molar-refractivity contribution in [2.75, 3.05) is 19.6 Å². The van der Waals surface area contributed by atoms with Crippen molar-refractivity contribution in [2.24, 2.45) is 0 Å². The Kier molecular flexibility index (Phi) is 5.19. The van der Waals surface area contributed by atoms with Gasteiger partial charge in [-0.15, -0.1) is 0 Å². The molecular formula is C16H23FN2O4S. The Morgan fingerprint density at radius 3 is 2.50 bits per heavy atom. The highest BCUT2D eigenvalue weighted by atomic mass is 32.2. The van der Waals surface area contributed by atoms with Crippen LogP contribution in [0, 0.1) is 5.82 Å². The minimum absolute atomic E-state index is 0.0833. The molecular weight excluding hydrogens is 335 g/mol. The molecule has 6 nitrogen and oxygen atoms in total. The molecule has 0 radical (unpaired) electrons. The molecule has 134 valence electrons. The molecule has 2 rings (SSSR count). The zero-order valence-electron chi connectivity index (χ0n) is 14.3. The molecule has 1 amide bonds. The van der Waals surface area contributed by atoms with Crippen LogP contribution < -0.4 is 0 Å². The van der Waals surface area contributed by atoms with Gasteiger partial charge >= 0.3 is 6.09 Å². The Morgan fingerprint density at radius 2 is 2.00 bits per heavy atom. The fraction of sp³-hybridized carbons (Fsp3) is 0.562. The van der Waals surface area contributed by atoms with Crippen molar-refractivity contribution >= 4 is 16.1 Å². The van der Waals surface area contributed by atoms with Gasteiger partial charge in [0.25, 0.3) is 0 Å². The average molecular weight is 358 g/mol. The van der Waals surface area contributed by atoms with Crippen LogP contribution in [0.4, 0.5) is 9.18 Å². The van der Waals surface area contributed by atoms with Gasteiger partial charge in [-0.25, -0.2) is 17.6 Å². The van der Waals surface area contributed by atoms with E-state index in [2.05, 4.69) is 0 Å². The Balaban J connectivity index is 2.07. The monoisotopic (exact) mass is 358 g/mol. The molecule has 0 N–H and O–H groups in total. The predicted octanol–water partition coefficient (Wildman–Crippen LogP) is 2.46. The maximum absolute atomic E-state index is 13.3. The smallest absolute Gasteiger partial charge is 0.410 e. The number of nitrogens with zero attached hydrogens (tertiary/aromatic N) is 2. The summed E-state index contributed by atoms with van der Waals surface area (Å²) in [6, 6.07) is 4.59. The number of halogens is 1. The normalized spacial score (nSPS) is 16.2. The maximum Gasteiger partial charge on any atom is 0.410 e. The number of carbonyl (C=O) groups is 1. The highest BCUT2D eigenvalue weighted by Gasteiger charge is 2.41. The molecule has 24 heavy (non-hydrogen) atoms. The molecule has 8 heteroatoms. The van der Waals surface area contributed by atoms with Crippen molar-refractivity contribution in [3.8, 4) is 0 Å². The van der Waals surface area contributed by atoms with Crippen LogP contribution in [0.1, 0.15) is 27.7 Å². The molecule has 1 aliphatic rings. The number of amides is 1. The topological polar surface area (TPSA) is 66.9 Å². The summed E-state index contributed by atoms with van der Waals surface area (Å²) in [7, 11) is -3.80. The fourth-order valence-corrected chi connectivity index (χ4v) is 4.15. The van der Waals surface area contributed by atoms with E-state index in [1.165, 1.54) is 27.4 Å². The van der Waals surface area contributed by atoms with Gasteiger partial charge in [0.1, 0.15) is 11.4 Å². The Bertz CT molecular complexity index is 709. The van der Waals surface area contributed by atoms with Crippen LogP contribution in [-0.2, 0) is 14.8 Å². The second kappa shape index (κ2) is 6.68. The van der Waals surface area contributed by atoms with Gasteiger partial charge in [0, 0.05) is 19.6 Å². The van der Waals surface area contributed by atoms with E-state index in [1.54, 1.807) is 27.7 Å². The second-order valence-electron chi connectivity index (χ2n) is 6.70. The maximum atomic E-state index is 13.3. The van der Waals surface area contributed by atoms with Gasteiger partial charge in [0.15, 0.2) is 0 Å². The fourth-order valence-electron chi connectivity index (χ4n) is 2.50. The summed E-state index contributed by atoms with van der Waals surface area (Å²) in [5.74, 6) is -0.601. The third kappa shape index (κ3) is 4.05. The molecule has 1 aromatic rings. The number of ether oxygens (including phenoxy) is 1. The summed E-state index contributed by atoms with van der Waals surface area (Å²) in [6.07, 6.45) is -0.460. The zero-order chi connectivity index (χ0) is 18.1. The molecule has 1 aliphatic heterocycles. The molecule has 0 aromatic heterocycles. The number of carbonyl (C=O) groups excluding carboxylic acids is 1. The molecule has 1 saturated heterocycles. The lowest BCUT2D eigenvalue weighted by Gasteiger charge is -2.44. The van der Waals surface area contributed by atoms with E-state index in [1.807, 2.05) is 0 Å². The Labute approximate surface area is 142 Å². The average Bonchev–Trinajstić information content (AvgIpc) is 2.39. The molecule has 0 saturated carbocycles. The predicted molar refractivity (Wildman–Crippen MR) is 87.6 cm³/mol. The van der Waals surface area contributed by atoms with Gasteiger partial charge in [0.05, 0.1) is 10.9 Å². The number of rotatable bonds is 4. The lowest BCUT2D eigenvalue weighted by Crippen LogP contribution is -2.62. The van der Waals surface area contributed by atoms with Crippen molar-refractivity contribution in [2.45, 2.75) is 44.2 Å². The number of benzene rings is 1. The summed E-state index contributed by atoms with van der Waals surface area (Å²) >= 11 is 0. The van der Waals surface area contributed by atoms with Gasteiger partial charge in [-0.05, 0) is 39.0 Å². The molecule has 0 spiro atoms. The van der Waals surface area contributed by atoms with Crippen LogP contribution in [-0.4, -0.2) is 55.0 Å². The largest absolute Gasteiger partial charge is 0.444 e. The van der Waals surface area contributed by atoms with Crippen molar-refractivity contribution < 1.29 is 22.3 Å². The summed E-state index contributed by atoms with van der Waals surface area (Å²) in [6.45, 7) is 7.80. The molecule has 0 aliphatic carbocycles. The lowest BCUT2D eigenvalue weighted by atomic mass is 10.1. The summed E-state index contributed by atoms with van der Waals surface area (Å²) < 4.78 is 45.2. The first kappa shape index (κ1) is 18.7. The van der Waals surface area contributed by atoms with E-state index in [4.69, 9.17) is 4.74 Å². The van der Waals surface area contributed by atoms with Crippen molar-refractivity contribution in [1.82, 2.24) is 9.21 Å². The van der Waals surface area contributed by atoms with E-state index in [0.29, 0.717) is 0 Å². The SMILES string of the molecule is CCN(C1CN(C(=O)OC(C)(C)C)C1)S(=O)(=O)c1cccc(F)c1. The van der Waals surface area contributed by atoms with Gasteiger partial charge in [-0.1, -0.05) is 13.0 Å². The van der Waals surface area contributed by atoms with E-state index >= 15 is 0 Å². The van der Waals surface area contributed by atoms with Crippen LogP contribution in [0.2, 0.25) is 0 Å². The molecule has 0 unspecified atom stereocenters. The number of likely N-dealkylation sites (N-methyl/N-ethyl adjacent to an activating group) is 1. The van der Waals surface area contributed by atoms with Crippen LogP contribution in [0.3, 0.4) is 0 Å². The molecule has 1 heterocycles. The third-order valence-electron chi connectivity index (χ3n) is 3.64. The van der Waals surface area contributed by atoms with Gasteiger partial charge < -0.3 is 9.64 Å². The minimum atomic E-state index is -3.80. The molecule has 1 fully saturated rings. The van der Waals surface area contributed by atoms with Gasteiger partial charge in [0.2, 0.25) is 10.0 Å². The van der Waals surface area contributed by atoms with E-state index in [0.717, 1.165) is 6.07 Å². The lowest BCUT2D eigenvalue weighted by molar-refractivity contribution is -0.00299. The zero-order valence-corrected chi connectivity index (χ0v) is 15.1. The van der Waals surface area contributed by atoms with Crippen molar-refractivity contribution in [3.05, 3.63) is 30.1 Å². The first-order valence-corrected chi connectivity index (χ1v) is 9.24. The van der Waals surface area contributed by atoms with Crippen LogP contribution in [0.15, 0.2) is 29.2 Å². The molecule has 0 bridgehead atoms. The first-order chi connectivity index (χ1) is 11.0. The Morgan fingerprint density at radius 1 is 1.38 bits per heavy atom. The standard InChI is InChI=1S/C16H23FN2O4S/c1-5-19(24(21,22)14-8-6-7-12(17)9-14)13-10-18(11-13)15(20)23-16(2,3)4/h6-9,13H,5,10-11H2,1-4H3. The number of hydrogen-bond donors (Lipinski definition) is 0. The molecule has 0 atom stereocenters. The highest BCUT2D eigenvalue weighted by Crippen LogP contribution is 2.25. The summed E-state index contributed by atoms with van der Waals surface area (Å²) in [5.41, 5.74) is -0.597. The van der Waals surface area contributed by atoms with Crippen LogP contribution in [0.5, 0.6) is 0 Å². The van der Waals surface area contributed by atoms with E-state index < -0.39 is 27.5 Å². The van der Waals surface area contributed by atoms with Gasteiger partial charge in [-0.2, -0.15) is 4.31 Å². The van der Waals surface area contributed by atoms with Crippen LogP contribution >= 0.6 is 0 Å². The highest BCUT2D eigenvalue weighted by molar-refractivity contribution is 7.89. The van der Waals surface area contributed by atoms with Crippen LogP contribution in [0.25, 0.3) is 0 Å². The quantitative estimate of drug-likeness (QED) is 0.829. The van der Waals surface area contributed by atoms with Crippen molar-refractivity contribution in [3.63, 3.8) is 0 Å². The van der Waals surface area contributed by atoms with E-state index in [-0.39, 0.29) is 30.6 Å². The number of sulfonamides is 1. The molecule has 1 aromatic carbocycles. The number of hydrogen-bond acceptors (Lipinski definition) is 4. The summed E-state index contributed by atoms with van der Waals surface area (Å²) in [4.78, 5) is 13.3. The minimum Gasteiger partial charge on any atom is -0.444 e. The third-order valence-corrected chi connectivity index (χ3v) is 5.66. The van der Waals surface area contributed by atoms with Crippen molar-refractivity contribution in [1.29, 1.82) is 0 Å².